The number of likely N-dealkylation sites (tertiary alicyclic amines) is 1. The lowest BCUT2D eigenvalue weighted by molar-refractivity contribution is -0.144. The number of hydrogen-bond donors (Lipinski definition) is 1. The topological polar surface area (TPSA) is 86.8 Å². The van der Waals surface area contributed by atoms with Gasteiger partial charge in [0.05, 0.1) is 11.8 Å². The molecule has 188 valence electrons. The smallest absolute Gasteiger partial charge is 0.242 e. The van der Waals surface area contributed by atoms with Crippen LogP contribution < -0.4 is 5.32 Å². The van der Waals surface area contributed by atoms with E-state index in [2.05, 4.69) is 21.2 Å². The Kier molecular flexibility index (Phi) is 8.42. The van der Waals surface area contributed by atoms with Crippen molar-refractivity contribution in [3.8, 4) is 0 Å². The van der Waals surface area contributed by atoms with Crippen molar-refractivity contribution in [1.82, 2.24) is 15.1 Å². The summed E-state index contributed by atoms with van der Waals surface area (Å²) in [6.45, 7) is 2.08. The van der Waals surface area contributed by atoms with Crippen molar-refractivity contribution in [2.75, 3.05) is 6.54 Å². The molecule has 1 heterocycles. The molecule has 7 nitrogen and oxygen atoms in total. The maximum absolute atomic E-state index is 13.4. The van der Waals surface area contributed by atoms with Crippen LogP contribution in [0.1, 0.15) is 63.9 Å². The number of nitrogens with one attached hydrogen (secondary N) is 1. The zero-order valence-electron chi connectivity index (χ0n) is 20.2. The second-order valence-corrected chi connectivity index (χ2v) is 10.8. The summed E-state index contributed by atoms with van der Waals surface area (Å²) in [4.78, 5) is 54.9. The van der Waals surface area contributed by atoms with Crippen molar-refractivity contribution in [1.29, 1.82) is 0 Å². The lowest BCUT2D eigenvalue weighted by Crippen LogP contribution is -2.51. The van der Waals surface area contributed by atoms with Gasteiger partial charge in [0, 0.05) is 30.0 Å². The van der Waals surface area contributed by atoms with Crippen molar-refractivity contribution in [2.45, 2.75) is 76.9 Å². The highest BCUT2D eigenvalue weighted by Crippen LogP contribution is 2.35. The van der Waals surface area contributed by atoms with E-state index >= 15 is 0 Å². The van der Waals surface area contributed by atoms with Gasteiger partial charge in [-0.25, -0.2) is 0 Å². The molecule has 1 aliphatic heterocycles. The van der Waals surface area contributed by atoms with Crippen molar-refractivity contribution < 1.29 is 19.2 Å². The number of benzene rings is 1. The Morgan fingerprint density at radius 2 is 1.63 bits per heavy atom. The van der Waals surface area contributed by atoms with Crippen LogP contribution in [0.25, 0.3) is 0 Å². The van der Waals surface area contributed by atoms with Crippen LogP contribution in [0.15, 0.2) is 40.9 Å². The first-order valence-corrected chi connectivity index (χ1v) is 13.5. The Labute approximate surface area is 215 Å². The third kappa shape index (κ3) is 6.02. The maximum Gasteiger partial charge on any atom is 0.242 e. The summed E-state index contributed by atoms with van der Waals surface area (Å²) in [5, 5.41) is 3.13. The summed E-state index contributed by atoms with van der Waals surface area (Å²) in [6, 6.07) is 7.14. The van der Waals surface area contributed by atoms with Gasteiger partial charge < -0.3 is 10.2 Å². The first-order chi connectivity index (χ1) is 16.8. The van der Waals surface area contributed by atoms with Gasteiger partial charge in [0.25, 0.3) is 0 Å². The number of halogens is 1. The van der Waals surface area contributed by atoms with E-state index in [0.29, 0.717) is 12.8 Å². The zero-order valence-corrected chi connectivity index (χ0v) is 21.8. The van der Waals surface area contributed by atoms with E-state index in [1.165, 1.54) is 11.3 Å². The SMILES string of the molecule is C[C@@H](C(=O)NC1CCCCC1)N(Cc1ccc(Br)cc1)C(=O)CCN1C(=O)[C@H]2CC=CC[C@H]2C1=O. The molecule has 0 bridgehead atoms. The monoisotopic (exact) mass is 543 g/mol. The minimum atomic E-state index is -0.662. The van der Waals surface area contributed by atoms with Gasteiger partial charge in [-0.3, -0.25) is 24.1 Å². The lowest BCUT2D eigenvalue weighted by Gasteiger charge is -2.31. The first kappa shape index (κ1) is 25.6. The molecular formula is C27H34BrN3O4. The maximum atomic E-state index is 13.4. The summed E-state index contributed by atoms with van der Waals surface area (Å²) in [7, 11) is 0. The first-order valence-electron chi connectivity index (χ1n) is 12.7. The van der Waals surface area contributed by atoms with Crippen molar-refractivity contribution in [3.63, 3.8) is 0 Å². The van der Waals surface area contributed by atoms with E-state index in [0.717, 1.165) is 35.7 Å². The van der Waals surface area contributed by atoms with Crippen LogP contribution in [0.3, 0.4) is 0 Å². The minimum Gasteiger partial charge on any atom is -0.352 e. The Morgan fingerprint density at radius 1 is 1.03 bits per heavy atom. The van der Waals surface area contributed by atoms with Gasteiger partial charge in [0.15, 0.2) is 0 Å². The number of rotatable bonds is 8. The molecule has 3 aliphatic rings. The average Bonchev–Trinajstić information content (AvgIpc) is 3.11. The Morgan fingerprint density at radius 3 is 2.23 bits per heavy atom. The normalized spacial score (nSPS) is 23.2. The minimum absolute atomic E-state index is 0.00191. The van der Waals surface area contributed by atoms with Gasteiger partial charge in [-0.15, -0.1) is 0 Å². The van der Waals surface area contributed by atoms with E-state index in [4.69, 9.17) is 0 Å². The Bertz CT molecular complexity index is 961. The molecule has 1 saturated carbocycles. The largest absolute Gasteiger partial charge is 0.352 e. The van der Waals surface area contributed by atoms with Gasteiger partial charge in [-0.2, -0.15) is 0 Å². The third-order valence-corrected chi connectivity index (χ3v) is 8.06. The molecule has 2 aliphatic carbocycles. The van der Waals surface area contributed by atoms with E-state index in [9.17, 15) is 19.2 Å². The summed E-state index contributed by atoms with van der Waals surface area (Å²) < 4.78 is 0.934. The fourth-order valence-electron chi connectivity index (χ4n) is 5.38. The van der Waals surface area contributed by atoms with E-state index in [1.807, 2.05) is 36.4 Å². The summed E-state index contributed by atoms with van der Waals surface area (Å²) in [5.41, 5.74) is 0.907. The molecule has 4 amide bonds. The van der Waals surface area contributed by atoms with E-state index in [1.54, 1.807) is 11.8 Å². The number of hydrogen-bond acceptors (Lipinski definition) is 4. The van der Waals surface area contributed by atoms with Crippen LogP contribution in [0.4, 0.5) is 0 Å². The molecule has 1 aromatic carbocycles. The number of amides is 4. The van der Waals surface area contributed by atoms with E-state index < -0.39 is 6.04 Å². The van der Waals surface area contributed by atoms with Crippen molar-refractivity contribution in [3.05, 3.63) is 46.5 Å². The summed E-state index contributed by atoms with van der Waals surface area (Å²) >= 11 is 3.43. The third-order valence-electron chi connectivity index (χ3n) is 7.53. The van der Waals surface area contributed by atoms with Crippen LogP contribution >= 0.6 is 15.9 Å². The van der Waals surface area contributed by atoms with Gasteiger partial charge in [0.1, 0.15) is 6.04 Å². The predicted octanol–water partition coefficient (Wildman–Crippen LogP) is 3.96. The number of fused-ring (bicyclic) bond motifs is 1. The highest BCUT2D eigenvalue weighted by Gasteiger charge is 2.47. The zero-order chi connectivity index (χ0) is 24.9. The van der Waals surface area contributed by atoms with Gasteiger partial charge in [0.2, 0.25) is 23.6 Å². The number of imide groups is 1. The van der Waals surface area contributed by atoms with Crippen LogP contribution in [0.5, 0.6) is 0 Å². The molecule has 35 heavy (non-hydrogen) atoms. The molecule has 0 aromatic heterocycles. The fourth-order valence-corrected chi connectivity index (χ4v) is 5.64. The molecule has 2 fully saturated rings. The lowest BCUT2D eigenvalue weighted by atomic mass is 9.85. The molecule has 8 heteroatoms. The summed E-state index contributed by atoms with van der Waals surface area (Å²) in [5.74, 6) is -1.37. The number of carbonyl (C=O) groups is 4. The number of carbonyl (C=O) groups excluding carboxylic acids is 4. The second-order valence-electron chi connectivity index (χ2n) is 9.90. The standard InChI is InChI=1S/C27H34BrN3O4/c1-18(25(33)29-21-7-3-2-4-8-21)31(17-19-11-13-20(28)14-12-19)24(32)15-16-30-26(34)22-9-5-6-10-23(22)27(30)35/h5-6,11-14,18,21-23H,2-4,7-10,15-17H2,1H3,(H,29,33)/t18-,22-,23+/m0/s1. The molecule has 0 radical (unpaired) electrons. The highest BCUT2D eigenvalue weighted by atomic mass is 79.9. The van der Waals surface area contributed by atoms with Crippen LogP contribution in [-0.2, 0) is 25.7 Å². The van der Waals surface area contributed by atoms with Crippen LogP contribution in [0.2, 0.25) is 0 Å². The van der Waals surface area contributed by atoms with Crippen molar-refractivity contribution >= 4 is 39.6 Å². The number of allylic oxidation sites excluding steroid dienone is 2. The fraction of sp³-hybridized carbons (Fsp3) is 0.556. The molecule has 3 atom stereocenters. The van der Waals surface area contributed by atoms with Crippen LogP contribution in [-0.4, -0.2) is 52.1 Å². The van der Waals surface area contributed by atoms with Crippen LogP contribution in [0, 0.1) is 11.8 Å². The molecule has 4 rings (SSSR count). The molecule has 1 aromatic rings. The molecule has 1 N–H and O–H groups in total. The number of nitrogens with zero attached hydrogens (tertiary/aromatic N) is 2. The van der Waals surface area contributed by atoms with Gasteiger partial charge in [-0.1, -0.05) is 59.5 Å². The second kappa shape index (κ2) is 11.5. The predicted molar refractivity (Wildman–Crippen MR) is 136 cm³/mol. The Balaban J connectivity index is 1.44. The van der Waals surface area contributed by atoms with E-state index in [-0.39, 0.29) is 61.0 Å². The molecule has 1 saturated heterocycles. The molecule has 0 unspecified atom stereocenters. The van der Waals surface area contributed by atoms with Crippen molar-refractivity contribution in [2.24, 2.45) is 11.8 Å². The van der Waals surface area contributed by atoms with Gasteiger partial charge in [-0.05, 0) is 50.3 Å². The molecule has 0 spiro atoms. The highest BCUT2D eigenvalue weighted by molar-refractivity contribution is 9.10. The average molecular weight is 544 g/mol. The quantitative estimate of drug-likeness (QED) is 0.397. The summed E-state index contributed by atoms with van der Waals surface area (Å²) in [6.07, 6.45) is 10.4. The molecular weight excluding hydrogens is 510 g/mol. The Hall–Kier alpha value is -2.48. The van der Waals surface area contributed by atoms with Gasteiger partial charge >= 0.3 is 0 Å².